The van der Waals surface area contributed by atoms with Crippen LogP contribution in [0.5, 0.6) is 11.5 Å². The van der Waals surface area contributed by atoms with Gasteiger partial charge >= 0.3 is 0 Å². The molecule has 0 unspecified atom stereocenters. The van der Waals surface area contributed by atoms with Gasteiger partial charge in [-0.1, -0.05) is 31.2 Å². The molecule has 2 aliphatic rings. The second-order valence-electron chi connectivity index (χ2n) is 8.27. The zero-order chi connectivity index (χ0) is 22.3. The van der Waals surface area contributed by atoms with Crippen LogP contribution in [-0.2, 0) is 16.6 Å². The Labute approximate surface area is 189 Å². The van der Waals surface area contributed by atoms with Crippen LogP contribution in [0.2, 0.25) is 0 Å². The zero-order valence-electron chi connectivity index (χ0n) is 17.8. The number of hydrogen-bond donors (Lipinski definition) is 2. The summed E-state index contributed by atoms with van der Waals surface area (Å²) in [5.41, 5.74) is 10.0. The van der Waals surface area contributed by atoms with Crippen LogP contribution in [0.25, 0.3) is 11.1 Å². The van der Waals surface area contributed by atoms with E-state index in [2.05, 4.69) is 12.2 Å². The average Bonchev–Trinajstić information content (AvgIpc) is 3.50. The fraction of sp³-hybridized carbons (Fsp3) is 0.231. The van der Waals surface area contributed by atoms with E-state index < -0.39 is 11.3 Å². The summed E-state index contributed by atoms with van der Waals surface area (Å²) in [6.07, 6.45) is 2.41. The molecule has 6 heteroatoms. The van der Waals surface area contributed by atoms with E-state index in [0.717, 1.165) is 47.2 Å². The minimum Gasteiger partial charge on any atom is -0.454 e. The molecule has 1 aliphatic carbocycles. The first-order valence-corrected chi connectivity index (χ1v) is 10.7. The number of carbonyl (C=O) groups excluding carboxylic acids is 2. The SMILES string of the molecule is CCc1ccc(NC(=O)C2(c3ccc4c(c3)OCO4)CC2)cc1-c1cccc(C(N)=O)c1.[HH].[HH]. The molecule has 2 amide bonds. The maximum Gasteiger partial charge on any atom is 0.248 e. The number of benzene rings is 3. The van der Waals surface area contributed by atoms with Crippen LogP contribution in [0.1, 0.15) is 44.1 Å². The summed E-state index contributed by atoms with van der Waals surface area (Å²) in [7, 11) is 0. The van der Waals surface area contributed by atoms with E-state index in [1.807, 2.05) is 48.5 Å². The molecular formula is C26H28N2O4. The Kier molecular flexibility index (Phi) is 4.85. The molecule has 0 bridgehead atoms. The number of rotatable bonds is 6. The van der Waals surface area contributed by atoms with Gasteiger partial charge in [0.05, 0.1) is 5.41 Å². The highest BCUT2D eigenvalue weighted by atomic mass is 16.7. The van der Waals surface area contributed by atoms with Crippen LogP contribution in [0.3, 0.4) is 0 Å². The van der Waals surface area contributed by atoms with Crippen molar-refractivity contribution in [2.45, 2.75) is 31.6 Å². The van der Waals surface area contributed by atoms with Crippen molar-refractivity contribution < 1.29 is 21.9 Å². The molecule has 1 saturated carbocycles. The van der Waals surface area contributed by atoms with Crippen molar-refractivity contribution in [2.24, 2.45) is 5.73 Å². The normalized spacial score (nSPS) is 15.3. The van der Waals surface area contributed by atoms with Crippen LogP contribution in [-0.4, -0.2) is 18.6 Å². The van der Waals surface area contributed by atoms with E-state index in [9.17, 15) is 9.59 Å². The van der Waals surface area contributed by atoms with Gasteiger partial charge < -0.3 is 20.5 Å². The zero-order valence-corrected chi connectivity index (χ0v) is 17.8. The van der Waals surface area contributed by atoms with Gasteiger partial charge in [0.2, 0.25) is 18.6 Å². The van der Waals surface area contributed by atoms with E-state index in [-0.39, 0.29) is 15.6 Å². The highest BCUT2D eigenvalue weighted by Gasteiger charge is 2.51. The third-order valence-corrected chi connectivity index (χ3v) is 6.32. The molecule has 32 heavy (non-hydrogen) atoms. The molecule has 1 heterocycles. The average molecular weight is 433 g/mol. The first-order valence-electron chi connectivity index (χ1n) is 10.7. The van der Waals surface area contributed by atoms with Gasteiger partial charge in [-0.3, -0.25) is 9.59 Å². The number of aryl methyl sites for hydroxylation is 1. The number of carbonyl (C=O) groups is 2. The van der Waals surface area contributed by atoms with Gasteiger partial charge in [-0.2, -0.15) is 0 Å². The third-order valence-electron chi connectivity index (χ3n) is 6.32. The van der Waals surface area contributed by atoms with Gasteiger partial charge in [-0.15, -0.1) is 0 Å². The minimum absolute atomic E-state index is 0. The van der Waals surface area contributed by atoms with Gasteiger partial charge in [0.25, 0.3) is 0 Å². The number of amides is 2. The summed E-state index contributed by atoms with van der Waals surface area (Å²) in [5.74, 6) is 0.902. The van der Waals surface area contributed by atoms with Crippen LogP contribution >= 0.6 is 0 Å². The van der Waals surface area contributed by atoms with Crippen molar-refractivity contribution in [1.82, 2.24) is 0 Å². The molecule has 3 aromatic carbocycles. The quantitative estimate of drug-likeness (QED) is 0.579. The second-order valence-corrected chi connectivity index (χ2v) is 8.27. The fourth-order valence-corrected chi connectivity index (χ4v) is 4.29. The molecule has 5 rings (SSSR count). The number of anilines is 1. The van der Waals surface area contributed by atoms with Gasteiger partial charge in [0.1, 0.15) is 0 Å². The predicted molar refractivity (Wildman–Crippen MR) is 126 cm³/mol. The Bertz CT molecular complexity index is 1240. The third kappa shape index (κ3) is 3.47. The Hall–Kier alpha value is -3.80. The van der Waals surface area contributed by atoms with Gasteiger partial charge in [-0.05, 0) is 77.9 Å². The molecule has 0 atom stereocenters. The maximum atomic E-state index is 13.3. The lowest BCUT2D eigenvalue weighted by molar-refractivity contribution is -0.118. The number of fused-ring (bicyclic) bond motifs is 1. The highest BCUT2D eigenvalue weighted by molar-refractivity contribution is 6.02. The summed E-state index contributed by atoms with van der Waals surface area (Å²) < 4.78 is 10.9. The lowest BCUT2D eigenvalue weighted by Crippen LogP contribution is -2.27. The number of nitrogens with two attached hydrogens (primary N) is 1. The summed E-state index contributed by atoms with van der Waals surface area (Å²) in [6.45, 7) is 2.29. The smallest absolute Gasteiger partial charge is 0.248 e. The Morgan fingerprint density at radius 2 is 1.84 bits per heavy atom. The molecule has 0 radical (unpaired) electrons. The molecule has 0 aromatic heterocycles. The molecule has 166 valence electrons. The number of hydrogen-bond acceptors (Lipinski definition) is 4. The minimum atomic E-state index is -0.545. The van der Waals surface area contributed by atoms with E-state index >= 15 is 0 Å². The highest BCUT2D eigenvalue weighted by Crippen LogP contribution is 2.51. The Balaban J connectivity index is 0.00000162. The van der Waals surface area contributed by atoms with Gasteiger partial charge in [0.15, 0.2) is 11.5 Å². The van der Waals surface area contributed by atoms with Crippen molar-refractivity contribution in [3.05, 3.63) is 77.4 Å². The van der Waals surface area contributed by atoms with E-state index in [0.29, 0.717) is 17.1 Å². The Morgan fingerprint density at radius 3 is 2.59 bits per heavy atom. The molecule has 1 fully saturated rings. The van der Waals surface area contributed by atoms with Crippen molar-refractivity contribution in [1.29, 1.82) is 0 Å². The lowest BCUT2D eigenvalue weighted by atomic mass is 9.93. The molecule has 6 nitrogen and oxygen atoms in total. The summed E-state index contributed by atoms with van der Waals surface area (Å²) in [6, 6.07) is 18.9. The van der Waals surface area contributed by atoms with E-state index in [4.69, 9.17) is 15.2 Å². The number of ether oxygens (including phenoxy) is 2. The van der Waals surface area contributed by atoms with Gasteiger partial charge in [-0.25, -0.2) is 0 Å². The van der Waals surface area contributed by atoms with E-state index in [1.165, 1.54) is 0 Å². The van der Waals surface area contributed by atoms with Gasteiger partial charge in [0, 0.05) is 14.1 Å². The molecular weight excluding hydrogens is 404 g/mol. The van der Waals surface area contributed by atoms with Crippen molar-refractivity contribution in [3.63, 3.8) is 0 Å². The number of nitrogens with one attached hydrogen (secondary N) is 1. The molecule has 0 spiro atoms. The monoisotopic (exact) mass is 432 g/mol. The summed E-state index contributed by atoms with van der Waals surface area (Å²) in [4.78, 5) is 24.9. The summed E-state index contributed by atoms with van der Waals surface area (Å²) in [5, 5.41) is 3.11. The van der Waals surface area contributed by atoms with Crippen molar-refractivity contribution in [3.8, 4) is 22.6 Å². The second kappa shape index (κ2) is 7.71. The fourth-order valence-electron chi connectivity index (χ4n) is 4.29. The van der Waals surface area contributed by atoms with Crippen LogP contribution < -0.4 is 20.5 Å². The van der Waals surface area contributed by atoms with Crippen LogP contribution in [0, 0.1) is 0 Å². The van der Waals surface area contributed by atoms with Crippen molar-refractivity contribution >= 4 is 17.5 Å². The molecule has 3 N–H and O–H groups in total. The maximum absolute atomic E-state index is 13.3. The van der Waals surface area contributed by atoms with E-state index in [1.54, 1.807) is 12.1 Å². The van der Waals surface area contributed by atoms with Crippen LogP contribution in [0.4, 0.5) is 5.69 Å². The van der Waals surface area contributed by atoms with Crippen LogP contribution in [0.15, 0.2) is 60.7 Å². The topological polar surface area (TPSA) is 90.7 Å². The van der Waals surface area contributed by atoms with Crippen molar-refractivity contribution in [2.75, 3.05) is 12.1 Å². The summed E-state index contributed by atoms with van der Waals surface area (Å²) >= 11 is 0. The molecule has 0 saturated heterocycles. The lowest BCUT2D eigenvalue weighted by Gasteiger charge is -2.18. The largest absolute Gasteiger partial charge is 0.454 e. The first-order chi connectivity index (χ1) is 15.5. The molecule has 1 aliphatic heterocycles. The standard InChI is InChI=1S/C26H24N2O4.2H2/c1-2-16-6-8-20(14-21(16)17-4-3-5-18(12-17)24(27)29)28-25(30)26(10-11-26)19-7-9-22-23(13-19)32-15-31-22;;/h3-9,12-14H,2,10-11,15H2,1H3,(H2,27,29)(H,28,30);2*1H. The predicted octanol–water partition coefficient (Wildman–Crippen LogP) is 4.91. The number of primary amides is 1. The molecule has 3 aromatic rings. The first kappa shape index (κ1) is 20.1. The Morgan fingerprint density at radius 1 is 1.03 bits per heavy atom.